The van der Waals surface area contributed by atoms with Gasteiger partial charge in [-0.05, 0) is 0 Å². The van der Waals surface area contributed by atoms with E-state index in [1.54, 1.807) is 12.1 Å². The van der Waals surface area contributed by atoms with Crippen LogP contribution in [0.25, 0.3) is 0 Å². The molecule has 0 aliphatic heterocycles. The molecule has 0 saturated heterocycles. The standard InChI is InChI=1S/C7H10N6O2/c8-2-4(12-6(10)14)1-5(3-9)13-7(11)15/h4-5H,1H2,(H3,10,12,14)(H3,11,13,15). The largest absolute Gasteiger partial charge is 0.352 e. The minimum atomic E-state index is -0.945. The molecule has 0 heterocycles. The molecule has 0 saturated carbocycles. The monoisotopic (exact) mass is 210 g/mol. The van der Waals surface area contributed by atoms with Crippen molar-refractivity contribution in [2.24, 2.45) is 11.5 Å². The summed E-state index contributed by atoms with van der Waals surface area (Å²) in [7, 11) is 0. The maximum Gasteiger partial charge on any atom is 0.313 e. The lowest BCUT2D eigenvalue weighted by Crippen LogP contribution is -2.44. The van der Waals surface area contributed by atoms with E-state index < -0.39 is 24.1 Å². The van der Waals surface area contributed by atoms with Crippen LogP contribution < -0.4 is 22.1 Å². The molecule has 0 aliphatic carbocycles. The highest BCUT2D eigenvalue weighted by molar-refractivity contribution is 5.73. The van der Waals surface area contributed by atoms with E-state index in [0.29, 0.717) is 0 Å². The Labute approximate surface area is 85.8 Å². The number of carbonyl (C=O) groups excluding carboxylic acids is 2. The van der Waals surface area contributed by atoms with Gasteiger partial charge in [0.25, 0.3) is 0 Å². The van der Waals surface area contributed by atoms with Crippen LogP contribution in [0.2, 0.25) is 0 Å². The second-order valence-corrected chi connectivity index (χ2v) is 2.62. The second kappa shape index (κ2) is 6.05. The van der Waals surface area contributed by atoms with Crippen molar-refractivity contribution in [2.45, 2.75) is 18.5 Å². The molecule has 0 aromatic rings. The van der Waals surface area contributed by atoms with Gasteiger partial charge in [-0.25, -0.2) is 9.59 Å². The Bertz CT molecular complexity index is 295. The van der Waals surface area contributed by atoms with Gasteiger partial charge in [-0.2, -0.15) is 10.5 Å². The van der Waals surface area contributed by atoms with Crippen LogP contribution in [0, 0.1) is 22.7 Å². The fourth-order valence-corrected chi connectivity index (χ4v) is 0.867. The summed E-state index contributed by atoms with van der Waals surface area (Å²) < 4.78 is 0. The van der Waals surface area contributed by atoms with Crippen molar-refractivity contribution in [3.05, 3.63) is 0 Å². The van der Waals surface area contributed by atoms with Gasteiger partial charge in [0.05, 0.1) is 12.1 Å². The number of rotatable bonds is 4. The molecule has 2 atom stereocenters. The molecule has 0 aromatic carbocycles. The molecule has 80 valence electrons. The second-order valence-electron chi connectivity index (χ2n) is 2.62. The molecule has 0 aromatic heterocycles. The third-order valence-corrected chi connectivity index (χ3v) is 1.42. The predicted molar refractivity (Wildman–Crippen MR) is 48.9 cm³/mol. The number of nitrogens with two attached hydrogens (primary N) is 2. The fourth-order valence-electron chi connectivity index (χ4n) is 0.867. The summed E-state index contributed by atoms with van der Waals surface area (Å²) in [6, 6.07) is -0.213. The molecule has 15 heavy (non-hydrogen) atoms. The normalized spacial score (nSPS) is 12.7. The zero-order valence-corrected chi connectivity index (χ0v) is 7.73. The smallest absolute Gasteiger partial charge is 0.313 e. The van der Waals surface area contributed by atoms with Crippen LogP contribution >= 0.6 is 0 Å². The number of hydrogen-bond donors (Lipinski definition) is 4. The molecular formula is C7H10N6O2. The molecule has 8 heteroatoms. The van der Waals surface area contributed by atoms with E-state index in [2.05, 4.69) is 10.6 Å². The van der Waals surface area contributed by atoms with Crippen molar-refractivity contribution < 1.29 is 9.59 Å². The lowest BCUT2D eigenvalue weighted by molar-refractivity contribution is 0.244. The molecule has 2 unspecified atom stereocenters. The van der Waals surface area contributed by atoms with Crippen LogP contribution in [0.15, 0.2) is 0 Å². The van der Waals surface area contributed by atoms with Gasteiger partial charge in [0, 0.05) is 6.42 Å². The van der Waals surface area contributed by atoms with Gasteiger partial charge in [0.15, 0.2) is 0 Å². The Hall–Kier alpha value is -2.48. The van der Waals surface area contributed by atoms with E-state index in [-0.39, 0.29) is 6.42 Å². The predicted octanol–water partition coefficient (Wildman–Crippen LogP) is -1.50. The van der Waals surface area contributed by atoms with Crippen molar-refractivity contribution >= 4 is 12.1 Å². The number of nitrogens with one attached hydrogen (secondary N) is 2. The van der Waals surface area contributed by atoms with E-state index in [1.807, 2.05) is 0 Å². The summed E-state index contributed by atoms with van der Waals surface area (Å²) in [6.45, 7) is 0. The first kappa shape index (κ1) is 12.5. The van der Waals surface area contributed by atoms with Crippen LogP contribution in [0.1, 0.15) is 6.42 Å². The van der Waals surface area contributed by atoms with Crippen molar-refractivity contribution in [3.8, 4) is 12.1 Å². The minimum Gasteiger partial charge on any atom is -0.352 e. The number of urea groups is 2. The lowest BCUT2D eigenvalue weighted by Gasteiger charge is -2.13. The third-order valence-electron chi connectivity index (χ3n) is 1.42. The molecule has 6 N–H and O–H groups in total. The van der Waals surface area contributed by atoms with Crippen LogP contribution in [0.5, 0.6) is 0 Å². The molecule has 0 fully saturated rings. The van der Waals surface area contributed by atoms with E-state index in [0.717, 1.165) is 0 Å². The van der Waals surface area contributed by atoms with Crippen LogP contribution in [0.4, 0.5) is 9.59 Å². The van der Waals surface area contributed by atoms with Gasteiger partial charge in [-0.1, -0.05) is 0 Å². The summed E-state index contributed by atoms with van der Waals surface area (Å²) in [4.78, 5) is 20.9. The highest BCUT2D eigenvalue weighted by atomic mass is 16.2. The first-order chi connectivity index (χ1) is 6.99. The number of hydrogen-bond acceptors (Lipinski definition) is 4. The number of nitriles is 2. The highest BCUT2D eigenvalue weighted by Crippen LogP contribution is 1.96. The molecular weight excluding hydrogens is 200 g/mol. The average Bonchev–Trinajstić information content (AvgIpc) is 2.14. The van der Waals surface area contributed by atoms with Gasteiger partial charge in [0.1, 0.15) is 12.1 Å². The first-order valence-electron chi connectivity index (χ1n) is 3.90. The quantitative estimate of drug-likeness (QED) is 0.444. The van der Waals surface area contributed by atoms with Gasteiger partial charge in [-0.3, -0.25) is 0 Å². The van der Waals surface area contributed by atoms with Gasteiger partial charge in [-0.15, -0.1) is 0 Å². The summed E-state index contributed by atoms with van der Waals surface area (Å²) in [5.41, 5.74) is 9.58. The van der Waals surface area contributed by atoms with Gasteiger partial charge in [0.2, 0.25) is 0 Å². The van der Waals surface area contributed by atoms with Crippen LogP contribution in [-0.2, 0) is 0 Å². The number of nitrogens with zero attached hydrogens (tertiary/aromatic N) is 2. The summed E-state index contributed by atoms with van der Waals surface area (Å²) >= 11 is 0. The van der Waals surface area contributed by atoms with Crippen molar-refractivity contribution in [2.75, 3.05) is 0 Å². The molecule has 0 aliphatic rings. The van der Waals surface area contributed by atoms with Crippen molar-refractivity contribution in [1.29, 1.82) is 10.5 Å². The Kier molecular flexibility index (Phi) is 5.05. The minimum absolute atomic E-state index is 0.0844. The summed E-state index contributed by atoms with van der Waals surface area (Å²) in [5, 5.41) is 21.4. The summed E-state index contributed by atoms with van der Waals surface area (Å²) in [6.07, 6.45) is -0.0844. The Morgan fingerprint density at radius 3 is 1.60 bits per heavy atom. The number of amides is 4. The molecule has 0 radical (unpaired) electrons. The summed E-state index contributed by atoms with van der Waals surface area (Å²) in [5.74, 6) is 0. The lowest BCUT2D eigenvalue weighted by atomic mass is 10.1. The first-order valence-corrected chi connectivity index (χ1v) is 3.90. The van der Waals surface area contributed by atoms with Crippen molar-refractivity contribution in [3.63, 3.8) is 0 Å². The Balaban J connectivity index is 4.27. The van der Waals surface area contributed by atoms with Gasteiger partial charge < -0.3 is 22.1 Å². The zero-order chi connectivity index (χ0) is 11.8. The van der Waals surface area contributed by atoms with Crippen molar-refractivity contribution in [1.82, 2.24) is 10.6 Å². The molecule has 8 nitrogen and oxygen atoms in total. The molecule has 4 amide bonds. The Morgan fingerprint density at radius 2 is 1.40 bits per heavy atom. The zero-order valence-electron chi connectivity index (χ0n) is 7.73. The van der Waals surface area contributed by atoms with E-state index in [9.17, 15) is 9.59 Å². The average molecular weight is 210 g/mol. The fraction of sp³-hybridized carbons (Fsp3) is 0.429. The third kappa shape index (κ3) is 5.71. The molecule has 0 rings (SSSR count). The highest BCUT2D eigenvalue weighted by Gasteiger charge is 2.17. The maximum absolute atomic E-state index is 10.4. The SMILES string of the molecule is N#CC(CC(C#N)NC(N)=O)NC(N)=O. The van der Waals surface area contributed by atoms with Crippen LogP contribution in [0.3, 0.4) is 0 Å². The van der Waals surface area contributed by atoms with E-state index >= 15 is 0 Å². The Morgan fingerprint density at radius 1 is 1.07 bits per heavy atom. The van der Waals surface area contributed by atoms with Crippen LogP contribution in [-0.4, -0.2) is 24.1 Å². The number of carbonyl (C=O) groups is 2. The van der Waals surface area contributed by atoms with Gasteiger partial charge >= 0.3 is 12.1 Å². The number of primary amides is 2. The maximum atomic E-state index is 10.4. The molecule has 0 spiro atoms. The topological polar surface area (TPSA) is 158 Å². The van der Waals surface area contributed by atoms with E-state index in [4.69, 9.17) is 22.0 Å². The molecule has 0 bridgehead atoms. The van der Waals surface area contributed by atoms with E-state index in [1.165, 1.54) is 0 Å².